The van der Waals surface area contributed by atoms with Crippen molar-refractivity contribution in [3.63, 3.8) is 0 Å². The third-order valence-electron chi connectivity index (χ3n) is 5.46. The van der Waals surface area contributed by atoms with Crippen molar-refractivity contribution in [3.05, 3.63) is 42.4 Å². The van der Waals surface area contributed by atoms with Crippen LogP contribution in [0, 0.1) is 0 Å². The largest absolute Gasteiger partial charge is 0.424 e. The highest BCUT2D eigenvalue weighted by Gasteiger charge is 2.15. The molecule has 1 fully saturated rings. The van der Waals surface area contributed by atoms with E-state index in [2.05, 4.69) is 48.7 Å². The Morgan fingerprint density at radius 1 is 1.04 bits per heavy atom. The number of oxazole rings is 1. The van der Waals surface area contributed by atoms with Gasteiger partial charge in [-0.3, -0.25) is 4.40 Å². The summed E-state index contributed by atoms with van der Waals surface area (Å²) in [7, 11) is 2.18. The van der Waals surface area contributed by atoms with Gasteiger partial charge >= 0.3 is 0 Å². The number of piperazine rings is 1. The lowest BCUT2D eigenvalue weighted by atomic mass is 10.1. The average Bonchev–Trinajstić information content (AvgIpc) is 3.28. The summed E-state index contributed by atoms with van der Waals surface area (Å²) in [4.78, 5) is 9.02. The van der Waals surface area contributed by atoms with Crippen molar-refractivity contribution in [2.75, 3.05) is 45.5 Å². The minimum Gasteiger partial charge on any atom is -0.424 e. The van der Waals surface area contributed by atoms with E-state index in [4.69, 9.17) is 10.2 Å². The van der Waals surface area contributed by atoms with Crippen LogP contribution in [0.5, 0.6) is 0 Å². The van der Waals surface area contributed by atoms with E-state index in [9.17, 15) is 0 Å². The van der Waals surface area contributed by atoms with Gasteiger partial charge in [0.25, 0.3) is 6.01 Å². The summed E-state index contributed by atoms with van der Waals surface area (Å²) in [5.41, 5.74) is 10.1. The molecule has 0 bridgehead atoms. The molecule has 4 heterocycles. The third-order valence-corrected chi connectivity index (χ3v) is 5.46. The van der Waals surface area contributed by atoms with Gasteiger partial charge in [-0.15, -0.1) is 10.2 Å². The van der Waals surface area contributed by atoms with Crippen LogP contribution in [0.1, 0.15) is 5.82 Å². The summed E-state index contributed by atoms with van der Waals surface area (Å²) < 4.78 is 7.55. The predicted molar refractivity (Wildman–Crippen MR) is 108 cm³/mol. The first kappa shape index (κ1) is 17.2. The topological polar surface area (TPSA) is 88.7 Å². The van der Waals surface area contributed by atoms with Crippen LogP contribution in [-0.4, -0.2) is 69.2 Å². The van der Waals surface area contributed by atoms with Gasteiger partial charge in [0.05, 0.1) is 0 Å². The fourth-order valence-corrected chi connectivity index (χ4v) is 3.73. The Hall–Kier alpha value is -2.97. The second-order valence-electron chi connectivity index (χ2n) is 7.39. The van der Waals surface area contributed by atoms with Crippen LogP contribution < -0.4 is 5.73 Å². The number of hydrogen-bond acceptors (Lipinski definition) is 7. The van der Waals surface area contributed by atoms with Gasteiger partial charge in [-0.05, 0) is 42.4 Å². The molecule has 0 atom stereocenters. The molecule has 1 aliphatic heterocycles. The number of fused-ring (bicyclic) bond motifs is 2. The van der Waals surface area contributed by atoms with Crippen LogP contribution in [0.25, 0.3) is 27.9 Å². The maximum absolute atomic E-state index is 5.66. The summed E-state index contributed by atoms with van der Waals surface area (Å²) in [6.45, 7) is 5.47. The SMILES string of the molecule is CN1CCN(CCc2nnc3ccc(-c4ccc5nc(N)oc5c4)cn23)CC1. The van der Waals surface area contributed by atoms with E-state index in [1.165, 1.54) is 0 Å². The summed E-state index contributed by atoms with van der Waals surface area (Å²) in [5, 5.41) is 8.74. The summed E-state index contributed by atoms with van der Waals surface area (Å²) in [6, 6.07) is 10.2. The Balaban J connectivity index is 1.40. The molecule has 0 aliphatic carbocycles. The first-order valence-corrected chi connectivity index (χ1v) is 9.57. The molecule has 8 nitrogen and oxygen atoms in total. The van der Waals surface area contributed by atoms with E-state index in [-0.39, 0.29) is 6.01 Å². The van der Waals surface area contributed by atoms with Crippen LogP contribution in [-0.2, 0) is 6.42 Å². The van der Waals surface area contributed by atoms with E-state index >= 15 is 0 Å². The Labute approximate surface area is 162 Å². The van der Waals surface area contributed by atoms with Gasteiger partial charge in [0.1, 0.15) is 11.3 Å². The van der Waals surface area contributed by atoms with Crippen molar-refractivity contribution >= 4 is 22.8 Å². The second-order valence-corrected chi connectivity index (χ2v) is 7.39. The Morgan fingerprint density at radius 3 is 2.71 bits per heavy atom. The van der Waals surface area contributed by atoms with Gasteiger partial charge in [0.2, 0.25) is 0 Å². The molecule has 28 heavy (non-hydrogen) atoms. The van der Waals surface area contributed by atoms with Crippen molar-refractivity contribution in [1.82, 2.24) is 29.4 Å². The zero-order chi connectivity index (χ0) is 19.1. The smallest absolute Gasteiger partial charge is 0.292 e. The molecule has 0 unspecified atom stereocenters. The minimum absolute atomic E-state index is 0.188. The lowest BCUT2D eigenvalue weighted by Crippen LogP contribution is -2.45. The fraction of sp³-hybridized carbons (Fsp3) is 0.350. The first-order chi connectivity index (χ1) is 13.7. The Kier molecular flexibility index (Phi) is 4.22. The van der Waals surface area contributed by atoms with Gasteiger partial charge in [-0.25, -0.2) is 0 Å². The van der Waals surface area contributed by atoms with Crippen molar-refractivity contribution in [2.45, 2.75) is 6.42 Å². The van der Waals surface area contributed by atoms with Gasteiger partial charge in [-0.1, -0.05) is 6.07 Å². The quantitative estimate of drug-likeness (QED) is 0.581. The van der Waals surface area contributed by atoms with Gasteiger partial charge < -0.3 is 20.0 Å². The average molecular weight is 377 g/mol. The Bertz CT molecular complexity index is 1120. The first-order valence-electron chi connectivity index (χ1n) is 9.57. The molecule has 1 aromatic carbocycles. The van der Waals surface area contributed by atoms with Crippen molar-refractivity contribution in [1.29, 1.82) is 0 Å². The second kappa shape index (κ2) is 6.88. The molecule has 4 aromatic rings. The molecular weight excluding hydrogens is 354 g/mol. The number of anilines is 1. The minimum atomic E-state index is 0.188. The molecule has 0 amide bonds. The number of pyridine rings is 1. The molecule has 5 rings (SSSR count). The van der Waals surface area contributed by atoms with E-state index in [0.717, 1.165) is 67.3 Å². The van der Waals surface area contributed by atoms with Crippen molar-refractivity contribution < 1.29 is 4.42 Å². The highest BCUT2D eigenvalue weighted by Crippen LogP contribution is 2.26. The van der Waals surface area contributed by atoms with Gasteiger partial charge in [0.15, 0.2) is 11.2 Å². The fourth-order valence-electron chi connectivity index (χ4n) is 3.73. The highest BCUT2D eigenvalue weighted by atomic mass is 16.4. The molecule has 2 N–H and O–H groups in total. The van der Waals surface area contributed by atoms with E-state index in [1.54, 1.807) is 0 Å². The van der Waals surface area contributed by atoms with E-state index < -0.39 is 0 Å². The zero-order valence-corrected chi connectivity index (χ0v) is 15.9. The van der Waals surface area contributed by atoms with Crippen LogP contribution in [0.2, 0.25) is 0 Å². The molecule has 1 saturated heterocycles. The van der Waals surface area contributed by atoms with Crippen LogP contribution in [0.15, 0.2) is 40.9 Å². The predicted octanol–water partition coefficient (Wildman–Crippen LogP) is 1.91. The molecule has 0 saturated carbocycles. The van der Waals surface area contributed by atoms with E-state index in [1.807, 2.05) is 24.3 Å². The lowest BCUT2D eigenvalue weighted by Gasteiger charge is -2.32. The molecule has 0 spiro atoms. The maximum atomic E-state index is 5.66. The standard InChI is InChI=1S/C20H23N7O/c1-25-8-10-26(11-9-25)7-6-19-24-23-18-5-3-15(13-27(18)19)14-2-4-16-17(12-14)28-20(21)22-16/h2-5,12-13H,6-11H2,1H3,(H2,21,22). The molecule has 8 heteroatoms. The van der Waals surface area contributed by atoms with Gasteiger partial charge in [0, 0.05) is 45.3 Å². The molecule has 1 aliphatic rings. The lowest BCUT2D eigenvalue weighted by molar-refractivity contribution is 0.155. The molecule has 0 radical (unpaired) electrons. The number of nitrogens with two attached hydrogens (primary N) is 1. The normalized spacial score (nSPS) is 16.3. The number of nitrogen functional groups attached to an aromatic ring is 1. The number of benzene rings is 1. The summed E-state index contributed by atoms with van der Waals surface area (Å²) >= 11 is 0. The number of aromatic nitrogens is 4. The van der Waals surface area contributed by atoms with Crippen molar-refractivity contribution in [2.24, 2.45) is 0 Å². The summed E-state index contributed by atoms with van der Waals surface area (Å²) in [6.07, 6.45) is 2.97. The monoisotopic (exact) mass is 377 g/mol. The van der Waals surface area contributed by atoms with Crippen LogP contribution in [0.4, 0.5) is 6.01 Å². The Morgan fingerprint density at radius 2 is 1.86 bits per heavy atom. The third kappa shape index (κ3) is 3.21. The van der Waals surface area contributed by atoms with Crippen molar-refractivity contribution in [3.8, 4) is 11.1 Å². The van der Waals surface area contributed by atoms with Crippen LogP contribution in [0.3, 0.4) is 0 Å². The van der Waals surface area contributed by atoms with Gasteiger partial charge in [-0.2, -0.15) is 4.98 Å². The maximum Gasteiger partial charge on any atom is 0.292 e. The molecular formula is C20H23N7O. The summed E-state index contributed by atoms with van der Waals surface area (Å²) in [5.74, 6) is 0.987. The number of rotatable bonds is 4. The number of likely N-dealkylation sites (N-methyl/N-ethyl adjacent to an activating group) is 1. The molecule has 144 valence electrons. The highest BCUT2D eigenvalue weighted by molar-refractivity contribution is 5.81. The molecule has 3 aromatic heterocycles. The van der Waals surface area contributed by atoms with E-state index in [0.29, 0.717) is 5.58 Å². The number of hydrogen-bond donors (Lipinski definition) is 1. The zero-order valence-electron chi connectivity index (χ0n) is 15.9. The van der Waals surface area contributed by atoms with Crippen LogP contribution >= 0.6 is 0 Å². The number of nitrogens with zero attached hydrogens (tertiary/aromatic N) is 6.